The summed E-state index contributed by atoms with van der Waals surface area (Å²) in [7, 11) is 0. The van der Waals surface area contributed by atoms with Crippen molar-refractivity contribution in [1.82, 2.24) is 19.9 Å². The van der Waals surface area contributed by atoms with Crippen LogP contribution in [0.3, 0.4) is 0 Å². The normalized spacial score (nSPS) is 9.83. The van der Waals surface area contributed by atoms with Crippen LogP contribution in [-0.4, -0.2) is 71.3 Å². The van der Waals surface area contributed by atoms with Crippen molar-refractivity contribution in [2.24, 2.45) is 0 Å². The molecule has 7 heteroatoms. The summed E-state index contributed by atoms with van der Waals surface area (Å²) in [5.41, 5.74) is 1.09. The Hall–Kier alpha value is 0.766. The SMILES string of the molecule is Clc1nc(Cl)c2[nH]cnc2n1.[K]. The maximum Gasteiger partial charge on any atom is 0.225 e. The standard InChI is InChI=1S/C5H2Cl2N4.K/c6-3-2-4(9-1-8-2)11-5(7)10-3;/h1H,(H,8,9,10,11);. The summed E-state index contributed by atoms with van der Waals surface area (Å²) in [6.07, 6.45) is 1.49. The molecule has 1 radical (unpaired) electrons. The Morgan fingerprint density at radius 3 is 2.75 bits per heavy atom. The molecule has 12 heavy (non-hydrogen) atoms. The molecule has 0 aliphatic carbocycles. The number of rotatable bonds is 0. The summed E-state index contributed by atoms with van der Waals surface area (Å²) in [6, 6.07) is 0. The Balaban J connectivity index is 0.000000720. The van der Waals surface area contributed by atoms with E-state index in [9.17, 15) is 0 Å². The predicted octanol–water partition coefficient (Wildman–Crippen LogP) is 1.28. The van der Waals surface area contributed by atoms with Gasteiger partial charge in [0.05, 0.1) is 6.33 Å². The molecule has 0 bridgehead atoms. The molecule has 0 saturated heterocycles. The minimum atomic E-state index is 0. The summed E-state index contributed by atoms with van der Waals surface area (Å²) in [5.74, 6) is 0. The van der Waals surface area contributed by atoms with Crippen LogP contribution in [0, 0.1) is 0 Å². The van der Waals surface area contributed by atoms with Crippen LogP contribution in [0.25, 0.3) is 11.2 Å². The van der Waals surface area contributed by atoms with Crippen LogP contribution in [0.2, 0.25) is 10.4 Å². The summed E-state index contributed by atoms with van der Waals surface area (Å²) in [5, 5.41) is 0.395. The molecule has 0 spiro atoms. The smallest absolute Gasteiger partial charge is 0.225 e. The van der Waals surface area contributed by atoms with Gasteiger partial charge in [0, 0.05) is 51.4 Å². The average Bonchev–Trinajstić information content (AvgIpc) is 2.34. The van der Waals surface area contributed by atoms with E-state index in [4.69, 9.17) is 23.2 Å². The Kier molecular flexibility index (Phi) is 3.90. The van der Waals surface area contributed by atoms with Gasteiger partial charge >= 0.3 is 0 Å². The largest absolute Gasteiger partial charge is 0.341 e. The molecule has 0 aliphatic heterocycles. The van der Waals surface area contributed by atoms with Gasteiger partial charge in [-0.2, -0.15) is 4.98 Å². The Labute approximate surface area is 121 Å². The fourth-order valence-corrected chi connectivity index (χ4v) is 1.20. The Morgan fingerprint density at radius 1 is 1.25 bits per heavy atom. The second kappa shape index (κ2) is 4.32. The van der Waals surface area contributed by atoms with Crippen LogP contribution in [0.5, 0.6) is 0 Å². The monoisotopic (exact) mass is 227 g/mol. The van der Waals surface area contributed by atoms with E-state index in [1.165, 1.54) is 6.33 Å². The van der Waals surface area contributed by atoms with Crippen LogP contribution < -0.4 is 0 Å². The van der Waals surface area contributed by atoms with Crippen LogP contribution in [0.1, 0.15) is 0 Å². The fourth-order valence-electron chi connectivity index (χ4n) is 0.773. The summed E-state index contributed by atoms with van der Waals surface area (Å²) >= 11 is 11.2. The van der Waals surface area contributed by atoms with Crippen molar-refractivity contribution in [1.29, 1.82) is 0 Å². The zero-order chi connectivity index (χ0) is 7.84. The third-order valence-corrected chi connectivity index (χ3v) is 1.66. The molecule has 2 aromatic rings. The number of hydrogen-bond donors (Lipinski definition) is 1. The first-order valence-corrected chi connectivity index (χ1v) is 3.55. The number of H-pyrrole nitrogens is 1. The van der Waals surface area contributed by atoms with Gasteiger partial charge in [-0.3, -0.25) is 0 Å². The quantitative estimate of drug-likeness (QED) is 0.419. The number of hydrogen-bond acceptors (Lipinski definition) is 3. The van der Waals surface area contributed by atoms with Gasteiger partial charge in [-0.1, -0.05) is 11.6 Å². The minimum Gasteiger partial charge on any atom is -0.341 e. The van der Waals surface area contributed by atoms with Crippen LogP contribution >= 0.6 is 23.2 Å². The van der Waals surface area contributed by atoms with Crippen molar-refractivity contribution in [3.05, 3.63) is 16.8 Å². The summed E-state index contributed by atoms with van der Waals surface area (Å²) < 4.78 is 0. The predicted molar refractivity (Wildman–Crippen MR) is 47.5 cm³/mol. The molecule has 4 nitrogen and oxygen atoms in total. The van der Waals surface area contributed by atoms with E-state index in [2.05, 4.69) is 19.9 Å². The second-order valence-corrected chi connectivity index (χ2v) is 2.58. The van der Waals surface area contributed by atoms with E-state index < -0.39 is 0 Å². The van der Waals surface area contributed by atoms with Crippen LogP contribution in [0.4, 0.5) is 0 Å². The first kappa shape index (κ1) is 10.8. The molecule has 2 rings (SSSR count). The molecule has 0 atom stereocenters. The number of nitrogens with one attached hydrogen (secondary N) is 1. The number of fused-ring (bicyclic) bond motifs is 1. The average molecular weight is 228 g/mol. The number of aromatic nitrogens is 4. The molecule has 0 unspecified atom stereocenters. The molecule has 0 aliphatic rings. The molecule has 0 fully saturated rings. The number of nitrogens with zero attached hydrogens (tertiary/aromatic N) is 3. The molecule has 0 aromatic carbocycles. The van der Waals surface area contributed by atoms with Gasteiger partial charge in [0.1, 0.15) is 5.52 Å². The van der Waals surface area contributed by atoms with E-state index in [1.54, 1.807) is 0 Å². The van der Waals surface area contributed by atoms with Gasteiger partial charge in [0.15, 0.2) is 10.8 Å². The number of aromatic amines is 1. The van der Waals surface area contributed by atoms with Gasteiger partial charge in [-0.25, -0.2) is 9.97 Å². The van der Waals surface area contributed by atoms with Crippen LogP contribution in [-0.2, 0) is 0 Å². The summed E-state index contributed by atoms with van der Waals surface area (Å²) in [4.78, 5) is 14.2. The minimum absolute atomic E-state index is 0. The van der Waals surface area contributed by atoms with E-state index >= 15 is 0 Å². The third-order valence-electron chi connectivity index (χ3n) is 1.21. The van der Waals surface area contributed by atoms with Crippen molar-refractivity contribution in [3.63, 3.8) is 0 Å². The maximum absolute atomic E-state index is 5.70. The van der Waals surface area contributed by atoms with Crippen LogP contribution in [0.15, 0.2) is 6.33 Å². The van der Waals surface area contributed by atoms with Gasteiger partial charge < -0.3 is 4.98 Å². The third kappa shape index (κ3) is 1.98. The molecular weight excluding hydrogens is 226 g/mol. The topological polar surface area (TPSA) is 54.5 Å². The summed E-state index contributed by atoms with van der Waals surface area (Å²) in [6.45, 7) is 0. The first-order valence-electron chi connectivity index (χ1n) is 2.79. The maximum atomic E-state index is 5.70. The molecule has 0 saturated carbocycles. The van der Waals surface area contributed by atoms with Gasteiger partial charge in [-0.05, 0) is 11.6 Å². The van der Waals surface area contributed by atoms with E-state index in [-0.39, 0.29) is 61.8 Å². The van der Waals surface area contributed by atoms with Crippen molar-refractivity contribution in [2.75, 3.05) is 0 Å². The van der Waals surface area contributed by atoms with Gasteiger partial charge in [0.25, 0.3) is 0 Å². The van der Waals surface area contributed by atoms with Crippen molar-refractivity contribution < 1.29 is 0 Å². The molecule has 2 heterocycles. The van der Waals surface area contributed by atoms with E-state index in [0.717, 1.165) is 0 Å². The van der Waals surface area contributed by atoms with Crippen molar-refractivity contribution in [2.45, 2.75) is 0 Å². The molecule has 0 amide bonds. The molecular formula is C5H2Cl2KN4. The first-order chi connectivity index (χ1) is 5.27. The van der Waals surface area contributed by atoms with E-state index in [1.807, 2.05) is 0 Å². The zero-order valence-electron chi connectivity index (χ0n) is 6.17. The van der Waals surface area contributed by atoms with Gasteiger partial charge in [-0.15, -0.1) is 0 Å². The number of imidazole rings is 1. The molecule has 1 N–H and O–H groups in total. The molecule has 2 aromatic heterocycles. The van der Waals surface area contributed by atoms with Crippen molar-refractivity contribution >= 4 is 85.8 Å². The fraction of sp³-hybridized carbons (Fsp3) is 0. The second-order valence-electron chi connectivity index (χ2n) is 1.88. The molecule has 57 valence electrons. The Bertz CT molecular complexity index is 401. The van der Waals surface area contributed by atoms with Gasteiger partial charge in [0.2, 0.25) is 5.28 Å². The zero-order valence-corrected chi connectivity index (χ0v) is 10.8. The van der Waals surface area contributed by atoms with E-state index in [0.29, 0.717) is 11.2 Å². The van der Waals surface area contributed by atoms with Crippen molar-refractivity contribution in [3.8, 4) is 0 Å². The number of halogens is 2. The Morgan fingerprint density at radius 2 is 2.00 bits per heavy atom.